The van der Waals surface area contributed by atoms with E-state index in [4.69, 9.17) is 4.74 Å². The highest BCUT2D eigenvalue weighted by atomic mass is 19.1. The summed E-state index contributed by atoms with van der Waals surface area (Å²) in [6.45, 7) is 3.04. The van der Waals surface area contributed by atoms with Gasteiger partial charge in [0.1, 0.15) is 5.82 Å². The molecule has 0 saturated heterocycles. The average molecular weight is 460 g/mol. The first-order valence-corrected chi connectivity index (χ1v) is 10.5. The van der Waals surface area contributed by atoms with E-state index in [1.54, 1.807) is 25.1 Å². The van der Waals surface area contributed by atoms with Crippen LogP contribution in [0.1, 0.15) is 47.8 Å². The maximum Gasteiger partial charge on any atom is 0.338 e. The smallest absolute Gasteiger partial charge is 0.338 e. The fourth-order valence-corrected chi connectivity index (χ4v) is 3.65. The normalized spacial score (nSPS) is 12.5. The molecule has 1 N–H and O–H groups in total. The molecule has 3 amide bonds. The van der Waals surface area contributed by atoms with E-state index in [0.29, 0.717) is 11.3 Å². The molecule has 0 radical (unpaired) electrons. The first-order chi connectivity index (χ1) is 16.3. The standard InChI is InChI=1S/C26H21FN2O5/c1-15-7-8-16(2)22(11-15)29-24(31)19-10-9-17(12-20(19)25(29)32)26(33)34-14-23(30)28-13-18-5-3-4-6-21(18)27/h3-12H,13-14H2,1-2H3,(H,28,30). The molecule has 0 aromatic heterocycles. The van der Waals surface area contributed by atoms with Crippen molar-refractivity contribution >= 4 is 29.4 Å². The van der Waals surface area contributed by atoms with E-state index in [2.05, 4.69) is 5.32 Å². The first kappa shape index (κ1) is 22.8. The van der Waals surface area contributed by atoms with Crippen molar-refractivity contribution in [1.29, 1.82) is 0 Å². The summed E-state index contributed by atoms with van der Waals surface area (Å²) in [6.07, 6.45) is 0. The minimum Gasteiger partial charge on any atom is -0.452 e. The van der Waals surface area contributed by atoms with E-state index in [1.165, 1.54) is 30.3 Å². The third kappa shape index (κ3) is 4.43. The Morgan fingerprint density at radius 2 is 1.68 bits per heavy atom. The van der Waals surface area contributed by atoms with Crippen LogP contribution >= 0.6 is 0 Å². The van der Waals surface area contributed by atoms with E-state index < -0.39 is 36.1 Å². The molecule has 0 unspecified atom stereocenters. The Bertz CT molecular complexity index is 1330. The molecule has 1 heterocycles. The van der Waals surface area contributed by atoms with Gasteiger partial charge in [0.15, 0.2) is 6.61 Å². The summed E-state index contributed by atoms with van der Waals surface area (Å²) >= 11 is 0. The number of ether oxygens (including phenoxy) is 1. The van der Waals surface area contributed by atoms with Gasteiger partial charge in [-0.2, -0.15) is 0 Å². The van der Waals surface area contributed by atoms with Crippen LogP contribution < -0.4 is 10.2 Å². The molecule has 1 aliphatic rings. The fraction of sp³-hybridized carbons (Fsp3) is 0.154. The third-order valence-electron chi connectivity index (χ3n) is 5.50. The number of amides is 3. The Hall–Kier alpha value is -4.33. The van der Waals surface area contributed by atoms with Crippen LogP contribution in [0.2, 0.25) is 0 Å². The van der Waals surface area contributed by atoms with Crippen molar-refractivity contribution in [3.8, 4) is 0 Å². The predicted molar refractivity (Wildman–Crippen MR) is 122 cm³/mol. The summed E-state index contributed by atoms with van der Waals surface area (Å²) < 4.78 is 18.7. The van der Waals surface area contributed by atoms with Gasteiger partial charge in [0.05, 0.1) is 22.4 Å². The highest BCUT2D eigenvalue weighted by molar-refractivity contribution is 6.35. The number of imide groups is 1. The second-order valence-electron chi connectivity index (χ2n) is 7.94. The zero-order valence-electron chi connectivity index (χ0n) is 18.6. The average Bonchev–Trinajstić information content (AvgIpc) is 3.07. The summed E-state index contributed by atoms with van der Waals surface area (Å²) in [5.74, 6) is -2.89. The summed E-state index contributed by atoms with van der Waals surface area (Å²) in [5.41, 5.74) is 2.76. The zero-order valence-corrected chi connectivity index (χ0v) is 18.6. The number of carbonyl (C=O) groups excluding carboxylic acids is 4. The number of fused-ring (bicyclic) bond motifs is 1. The van der Waals surface area contributed by atoms with Crippen molar-refractivity contribution in [3.63, 3.8) is 0 Å². The van der Waals surface area contributed by atoms with Gasteiger partial charge in [-0.15, -0.1) is 0 Å². The van der Waals surface area contributed by atoms with Gasteiger partial charge in [0, 0.05) is 12.1 Å². The number of carbonyl (C=O) groups is 4. The summed E-state index contributed by atoms with van der Waals surface area (Å²) in [5, 5.41) is 2.47. The molecule has 7 nitrogen and oxygen atoms in total. The van der Waals surface area contributed by atoms with Gasteiger partial charge in [0.2, 0.25) is 0 Å². The van der Waals surface area contributed by atoms with Crippen molar-refractivity contribution in [2.24, 2.45) is 0 Å². The summed E-state index contributed by atoms with van der Waals surface area (Å²) in [6, 6.07) is 15.5. The molecular weight excluding hydrogens is 439 g/mol. The van der Waals surface area contributed by atoms with E-state index in [-0.39, 0.29) is 23.2 Å². The Balaban J connectivity index is 1.43. The van der Waals surface area contributed by atoms with E-state index in [0.717, 1.165) is 16.0 Å². The Labute approximate surface area is 195 Å². The van der Waals surface area contributed by atoms with Gasteiger partial charge < -0.3 is 10.1 Å². The molecule has 8 heteroatoms. The molecule has 0 spiro atoms. The predicted octanol–water partition coefficient (Wildman–Crippen LogP) is 3.72. The SMILES string of the molecule is Cc1ccc(C)c(N2C(=O)c3ccc(C(=O)OCC(=O)NCc4ccccc4F)cc3C2=O)c1. The number of benzene rings is 3. The highest BCUT2D eigenvalue weighted by Crippen LogP contribution is 2.31. The van der Waals surface area contributed by atoms with Crippen LogP contribution in [-0.2, 0) is 16.1 Å². The van der Waals surface area contributed by atoms with Gasteiger partial charge in [-0.25, -0.2) is 14.1 Å². The molecule has 3 aromatic carbocycles. The van der Waals surface area contributed by atoms with Crippen LogP contribution in [0.3, 0.4) is 0 Å². The molecule has 0 aliphatic carbocycles. The molecule has 0 bridgehead atoms. The topological polar surface area (TPSA) is 92.8 Å². The third-order valence-corrected chi connectivity index (χ3v) is 5.50. The minimum absolute atomic E-state index is 0.0321. The fourth-order valence-electron chi connectivity index (χ4n) is 3.65. The lowest BCUT2D eigenvalue weighted by atomic mass is 10.1. The number of anilines is 1. The maximum absolute atomic E-state index is 13.6. The van der Waals surface area contributed by atoms with E-state index in [1.807, 2.05) is 19.1 Å². The maximum atomic E-state index is 13.6. The molecule has 34 heavy (non-hydrogen) atoms. The van der Waals surface area contributed by atoms with Crippen LogP contribution in [0.5, 0.6) is 0 Å². The summed E-state index contributed by atoms with van der Waals surface area (Å²) in [4.78, 5) is 51.4. The number of nitrogens with zero attached hydrogens (tertiary/aromatic N) is 1. The molecular formula is C26H21FN2O5. The van der Waals surface area contributed by atoms with Crippen molar-refractivity contribution in [3.05, 3.63) is 99.9 Å². The van der Waals surface area contributed by atoms with Gasteiger partial charge >= 0.3 is 5.97 Å². The second kappa shape index (κ2) is 9.27. The Morgan fingerprint density at radius 1 is 0.941 bits per heavy atom. The van der Waals surface area contributed by atoms with Crippen LogP contribution in [-0.4, -0.2) is 30.3 Å². The number of hydrogen-bond donors (Lipinski definition) is 1. The molecule has 0 saturated carbocycles. The minimum atomic E-state index is -0.825. The molecule has 3 aromatic rings. The quantitative estimate of drug-likeness (QED) is 0.447. The van der Waals surface area contributed by atoms with E-state index in [9.17, 15) is 23.6 Å². The van der Waals surface area contributed by atoms with Gasteiger partial charge in [-0.1, -0.05) is 30.3 Å². The largest absolute Gasteiger partial charge is 0.452 e. The van der Waals surface area contributed by atoms with Crippen molar-refractivity contribution < 1.29 is 28.3 Å². The zero-order chi connectivity index (χ0) is 24.4. The van der Waals surface area contributed by atoms with Crippen molar-refractivity contribution in [2.45, 2.75) is 20.4 Å². The second-order valence-corrected chi connectivity index (χ2v) is 7.94. The van der Waals surface area contributed by atoms with Crippen molar-refractivity contribution in [2.75, 3.05) is 11.5 Å². The lowest BCUT2D eigenvalue weighted by Crippen LogP contribution is -2.30. The Morgan fingerprint density at radius 3 is 2.44 bits per heavy atom. The van der Waals surface area contributed by atoms with Gasteiger partial charge in [-0.05, 0) is 55.3 Å². The highest BCUT2D eigenvalue weighted by Gasteiger charge is 2.38. The lowest BCUT2D eigenvalue weighted by molar-refractivity contribution is -0.124. The van der Waals surface area contributed by atoms with Crippen LogP contribution in [0.15, 0.2) is 60.7 Å². The molecule has 172 valence electrons. The molecule has 0 fully saturated rings. The molecule has 1 aliphatic heterocycles. The van der Waals surface area contributed by atoms with Crippen LogP contribution in [0.25, 0.3) is 0 Å². The number of halogens is 1. The van der Waals surface area contributed by atoms with Gasteiger partial charge in [0.25, 0.3) is 17.7 Å². The number of aryl methyl sites for hydroxylation is 2. The van der Waals surface area contributed by atoms with Crippen molar-refractivity contribution in [1.82, 2.24) is 5.32 Å². The number of rotatable bonds is 6. The molecule has 4 rings (SSSR count). The first-order valence-electron chi connectivity index (χ1n) is 10.5. The van der Waals surface area contributed by atoms with E-state index >= 15 is 0 Å². The number of hydrogen-bond acceptors (Lipinski definition) is 5. The lowest BCUT2D eigenvalue weighted by Gasteiger charge is -2.17. The Kier molecular flexibility index (Phi) is 6.23. The van der Waals surface area contributed by atoms with Crippen LogP contribution in [0.4, 0.5) is 10.1 Å². The number of nitrogens with one attached hydrogen (secondary N) is 1. The molecule has 0 atom stereocenters. The summed E-state index contributed by atoms with van der Waals surface area (Å²) in [7, 11) is 0. The monoisotopic (exact) mass is 460 g/mol. The van der Waals surface area contributed by atoms with Crippen LogP contribution in [0, 0.1) is 19.7 Å². The van der Waals surface area contributed by atoms with Gasteiger partial charge in [-0.3, -0.25) is 14.4 Å². The number of esters is 1.